The summed E-state index contributed by atoms with van der Waals surface area (Å²) >= 11 is 0. The van der Waals surface area contributed by atoms with Crippen LogP contribution < -0.4 is 0 Å². The Hall–Kier alpha value is -1.29. The third-order valence-corrected chi connectivity index (χ3v) is 2.08. The van der Waals surface area contributed by atoms with E-state index in [1.165, 1.54) is 5.56 Å². The van der Waals surface area contributed by atoms with Gasteiger partial charge in [-0.25, -0.2) is 0 Å². The van der Waals surface area contributed by atoms with Gasteiger partial charge in [0.05, 0.1) is 12.5 Å². The number of hydrogen-bond acceptors (Lipinski definition) is 1. The van der Waals surface area contributed by atoms with Gasteiger partial charge in [-0.05, 0) is 16.5 Å². The van der Waals surface area contributed by atoms with E-state index in [0.717, 1.165) is 5.56 Å². The average molecular weight is 173 g/mol. The molecule has 0 spiro atoms. The number of nitrogens with zero attached hydrogens (tertiary/aromatic N) is 1. The van der Waals surface area contributed by atoms with Gasteiger partial charge in [0.25, 0.3) is 0 Å². The van der Waals surface area contributed by atoms with Crippen molar-refractivity contribution in [1.29, 1.82) is 5.26 Å². The molecule has 0 heterocycles. The van der Waals surface area contributed by atoms with Gasteiger partial charge in [0.15, 0.2) is 0 Å². The summed E-state index contributed by atoms with van der Waals surface area (Å²) in [5.41, 5.74) is 2.57. The van der Waals surface area contributed by atoms with Crippen LogP contribution in [0.25, 0.3) is 0 Å². The summed E-state index contributed by atoms with van der Waals surface area (Å²) in [6, 6.07) is 10.4. The summed E-state index contributed by atoms with van der Waals surface area (Å²) in [7, 11) is 0. The molecule has 0 aliphatic rings. The molecule has 0 aromatic heterocycles. The van der Waals surface area contributed by atoms with E-state index in [4.69, 9.17) is 5.26 Å². The number of hydrogen-bond donors (Lipinski definition) is 0. The minimum absolute atomic E-state index is 0.172. The Balaban J connectivity index is 3.00. The van der Waals surface area contributed by atoms with E-state index in [2.05, 4.69) is 39.0 Å². The predicted molar refractivity (Wildman–Crippen MR) is 54.5 cm³/mol. The Morgan fingerprint density at radius 3 is 2.54 bits per heavy atom. The third kappa shape index (κ3) is 2.59. The van der Waals surface area contributed by atoms with Gasteiger partial charge >= 0.3 is 0 Å². The second-order valence-electron chi connectivity index (χ2n) is 4.29. The molecule has 68 valence electrons. The normalized spacial score (nSPS) is 10.9. The topological polar surface area (TPSA) is 23.8 Å². The van der Waals surface area contributed by atoms with Crippen molar-refractivity contribution < 1.29 is 0 Å². The summed E-state index contributed by atoms with van der Waals surface area (Å²) in [4.78, 5) is 0. The van der Waals surface area contributed by atoms with Crippen LogP contribution in [-0.4, -0.2) is 0 Å². The molecule has 0 radical (unpaired) electrons. The van der Waals surface area contributed by atoms with Gasteiger partial charge in [-0.3, -0.25) is 0 Å². The lowest BCUT2D eigenvalue weighted by atomic mass is 9.86. The first kappa shape index (κ1) is 9.80. The Labute approximate surface area is 80.0 Å². The first-order valence-electron chi connectivity index (χ1n) is 4.50. The van der Waals surface area contributed by atoms with E-state index in [0.29, 0.717) is 6.42 Å². The highest BCUT2D eigenvalue weighted by molar-refractivity contribution is 5.29. The average Bonchev–Trinajstić information content (AvgIpc) is 2.04. The maximum absolute atomic E-state index is 8.56. The monoisotopic (exact) mass is 173 g/mol. The van der Waals surface area contributed by atoms with Gasteiger partial charge in [0, 0.05) is 0 Å². The Kier molecular flexibility index (Phi) is 2.72. The van der Waals surface area contributed by atoms with Gasteiger partial charge in [0.2, 0.25) is 0 Å². The Morgan fingerprint density at radius 1 is 1.31 bits per heavy atom. The highest BCUT2D eigenvalue weighted by Gasteiger charge is 2.13. The van der Waals surface area contributed by atoms with Crippen LogP contribution in [0.15, 0.2) is 24.3 Å². The predicted octanol–water partition coefficient (Wildman–Crippen LogP) is 3.05. The minimum Gasteiger partial charge on any atom is -0.198 e. The molecular formula is C12H15N. The summed E-state index contributed by atoms with van der Waals surface area (Å²) in [6.45, 7) is 6.54. The zero-order valence-corrected chi connectivity index (χ0v) is 8.46. The molecule has 1 nitrogen and oxygen atoms in total. The zero-order valence-electron chi connectivity index (χ0n) is 8.46. The van der Waals surface area contributed by atoms with Gasteiger partial charge in [0.1, 0.15) is 0 Å². The standard InChI is InChI=1S/C12H15N/c1-12(2,3)11-6-4-5-10(9-11)7-8-13/h4-6,9H,7H2,1-3H3. The highest BCUT2D eigenvalue weighted by Crippen LogP contribution is 2.22. The number of nitriles is 1. The van der Waals surface area contributed by atoms with Crippen LogP contribution in [0, 0.1) is 11.3 Å². The van der Waals surface area contributed by atoms with Gasteiger partial charge in [-0.2, -0.15) is 5.26 Å². The van der Waals surface area contributed by atoms with Crippen LogP contribution in [0.2, 0.25) is 0 Å². The molecule has 1 rings (SSSR count). The van der Waals surface area contributed by atoms with Gasteiger partial charge < -0.3 is 0 Å². The molecule has 0 unspecified atom stereocenters. The van der Waals surface area contributed by atoms with Gasteiger partial charge in [-0.1, -0.05) is 45.0 Å². The molecule has 0 aliphatic carbocycles. The molecule has 0 saturated carbocycles. The maximum atomic E-state index is 8.56. The van der Waals surface area contributed by atoms with E-state index in [9.17, 15) is 0 Å². The molecule has 0 atom stereocenters. The first-order chi connectivity index (χ1) is 6.04. The lowest BCUT2D eigenvalue weighted by molar-refractivity contribution is 0.589. The van der Waals surface area contributed by atoms with Crippen molar-refractivity contribution in [2.24, 2.45) is 0 Å². The molecule has 0 bridgehead atoms. The minimum atomic E-state index is 0.172. The maximum Gasteiger partial charge on any atom is 0.0669 e. The van der Waals surface area contributed by atoms with Crippen molar-refractivity contribution in [3.05, 3.63) is 35.4 Å². The highest BCUT2D eigenvalue weighted by atomic mass is 14.2. The Morgan fingerprint density at radius 2 is 2.00 bits per heavy atom. The largest absolute Gasteiger partial charge is 0.198 e. The lowest BCUT2D eigenvalue weighted by Crippen LogP contribution is -2.11. The fourth-order valence-electron chi connectivity index (χ4n) is 1.24. The Bertz CT molecular complexity index is 326. The van der Waals surface area contributed by atoms with Crippen LogP contribution in [0.5, 0.6) is 0 Å². The van der Waals surface area contributed by atoms with Crippen molar-refractivity contribution in [1.82, 2.24) is 0 Å². The van der Waals surface area contributed by atoms with Crippen molar-refractivity contribution in [2.75, 3.05) is 0 Å². The van der Waals surface area contributed by atoms with Crippen molar-refractivity contribution in [2.45, 2.75) is 32.6 Å². The molecular weight excluding hydrogens is 158 g/mol. The number of rotatable bonds is 1. The van der Waals surface area contributed by atoms with Crippen molar-refractivity contribution in [3.8, 4) is 6.07 Å². The van der Waals surface area contributed by atoms with E-state index in [1.807, 2.05) is 12.1 Å². The molecule has 0 amide bonds. The number of benzene rings is 1. The summed E-state index contributed by atoms with van der Waals surface area (Å²) in [6.07, 6.45) is 0.504. The third-order valence-electron chi connectivity index (χ3n) is 2.08. The fourth-order valence-corrected chi connectivity index (χ4v) is 1.24. The van der Waals surface area contributed by atoms with E-state index < -0.39 is 0 Å². The quantitative estimate of drug-likeness (QED) is 0.640. The zero-order chi connectivity index (χ0) is 9.90. The van der Waals surface area contributed by atoms with Crippen molar-refractivity contribution >= 4 is 0 Å². The second kappa shape index (κ2) is 3.62. The van der Waals surface area contributed by atoms with Crippen molar-refractivity contribution in [3.63, 3.8) is 0 Å². The molecule has 1 aromatic rings. The van der Waals surface area contributed by atoms with Crippen LogP contribution >= 0.6 is 0 Å². The van der Waals surface area contributed by atoms with Crippen LogP contribution in [0.4, 0.5) is 0 Å². The first-order valence-corrected chi connectivity index (χ1v) is 4.50. The van der Waals surface area contributed by atoms with Gasteiger partial charge in [-0.15, -0.1) is 0 Å². The van der Waals surface area contributed by atoms with E-state index >= 15 is 0 Å². The summed E-state index contributed by atoms with van der Waals surface area (Å²) in [5.74, 6) is 0. The smallest absolute Gasteiger partial charge is 0.0669 e. The SMILES string of the molecule is CC(C)(C)c1cccc(CC#N)c1. The van der Waals surface area contributed by atoms with E-state index in [1.54, 1.807) is 0 Å². The lowest BCUT2D eigenvalue weighted by Gasteiger charge is -2.19. The molecule has 0 saturated heterocycles. The summed E-state index contributed by atoms with van der Waals surface area (Å²) < 4.78 is 0. The molecule has 0 fully saturated rings. The van der Waals surface area contributed by atoms with E-state index in [-0.39, 0.29) is 5.41 Å². The molecule has 1 heteroatoms. The molecule has 0 aliphatic heterocycles. The second-order valence-corrected chi connectivity index (χ2v) is 4.29. The molecule has 0 N–H and O–H groups in total. The van der Waals surface area contributed by atoms with Crippen LogP contribution in [-0.2, 0) is 11.8 Å². The summed E-state index contributed by atoms with van der Waals surface area (Å²) in [5, 5.41) is 8.56. The molecule has 13 heavy (non-hydrogen) atoms. The fraction of sp³-hybridized carbons (Fsp3) is 0.417. The van der Waals surface area contributed by atoms with Crippen LogP contribution in [0.1, 0.15) is 31.9 Å². The van der Waals surface area contributed by atoms with Crippen LogP contribution in [0.3, 0.4) is 0 Å². The molecule has 1 aromatic carbocycles.